The molecule has 482 valence electrons. The third-order valence-electron chi connectivity index (χ3n) is 16.5. The Morgan fingerprint density at radius 1 is 0.422 bits per heavy atom. The van der Waals surface area contributed by atoms with Gasteiger partial charge >= 0.3 is 0 Å². The average Bonchev–Trinajstić information content (AvgIpc) is 3.60. The number of nitrogens with one attached hydrogen (secondary N) is 1. The van der Waals surface area contributed by atoms with E-state index in [1.54, 1.807) is 6.08 Å². The van der Waals surface area contributed by atoms with Crippen LogP contribution in [0.25, 0.3) is 0 Å². The second kappa shape index (κ2) is 62.4. The van der Waals surface area contributed by atoms with E-state index in [0.717, 1.165) is 77.0 Å². The van der Waals surface area contributed by atoms with Gasteiger partial charge in [-0.1, -0.05) is 330 Å². The minimum Gasteiger partial charge on any atom is -0.394 e. The van der Waals surface area contributed by atoms with E-state index < -0.39 is 49.5 Å². The van der Waals surface area contributed by atoms with Gasteiger partial charge < -0.3 is 40.3 Å². The predicted octanol–water partition coefficient (Wildman–Crippen LogP) is 19.3. The molecule has 0 saturated carbocycles. The van der Waals surface area contributed by atoms with E-state index in [2.05, 4.69) is 92.1 Å². The van der Waals surface area contributed by atoms with E-state index >= 15 is 0 Å². The number of hydrogen-bond acceptors (Lipinski definition) is 8. The summed E-state index contributed by atoms with van der Waals surface area (Å²) in [5.41, 5.74) is 0. The quantitative estimate of drug-likeness (QED) is 0.0261. The van der Waals surface area contributed by atoms with Gasteiger partial charge in [0, 0.05) is 6.42 Å². The number of amides is 1. The van der Waals surface area contributed by atoms with Gasteiger partial charge in [0.05, 0.1) is 25.4 Å². The molecule has 0 spiro atoms. The summed E-state index contributed by atoms with van der Waals surface area (Å²) in [6.07, 6.45) is 82.6. The minimum atomic E-state index is -1.57. The summed E-state index contributed by atoms with van der Waals surface area (Å²) in [7, 11) is 0. The normalized spacial score (nSPS) is 18.8. The molecule has 83 heavy (non-hydrogen) atoms. The van der Waals surface area contributed by atoms with Crippen molar-refractivity contribution in [3.05, 3.63) is 85.1 Å². The molecule has 9 nitrogen and oxygen atoms in total. The van der Waals surface area contributed by atoms with Crippen LogP contribution in [-0.4, -0.2) is 87.5 Å². The maximum absolute atomic E-state index is 13.1. The Bertz CT molecular complexity index is 1590. The van der Waals surface area contributed by atoms with Crippen LogP contribution in [0.2, 0.25) is 0 Å². The smallest absolute Gasteiger partial charge is 0.220 e. The van der Waals surface area contributed by atoms with Crippen molar-refractivity contribution in [1.29, 1.82) is 0 Å². The molecule has 0 aromatic rings. The molecule has 0 radical (unpaired) electrons. The largest absolute Gasteiger partial charge is 0.394 e. The van der Waals surface area contributed by atoms with Gasteiger partial charge in [-0.05, 0) is 70.6 Å². The first kappa shape index (κ1) is 78.4. The number of ether oxygens (including phenoxy) is 2. The fraction of sp³-hybridized carbons (Fsp3) is 0.797. The summed E-state index contributed by atoms with van der Waals surface area (Å²) >= 11 is 0. The highest BCUT2D eigenvalue weighted by molar-refractivity contribution is 5.76. The van der Waals surface area contributed by atoms with Gasteiger partial charge in [-0.25, -0.2) is 0 Å². The summed E-state index contributed by atoms with van der Waals surface area (Å²) in [5, 5.41) is 54.7. The van der Waals surface area contributed by atoms with Crippen molar-refractivity contribution in [1.82, 2.24) is 5.32 Å². The molecule has 6 N–H and O–H groups in total. The van der Waals surface area contributed by atoms with E-state index in [4.69, 9.17) is 9.47 Å². The second-order valence-electron chi connectivity index (χ2n) is 24.3. The first-order valence-electron chi connectivity index (χ1n) is 35.3. The van der Waals surface area contributed by atoms with Crippen molar-refractivity contribution in [2.75, 3.05) is 13.2 Å². The highest BCUT2D eigenvalue weighted by atomic mass is 16.7. The standard InChI is InChI=1S/C74H133NO8/c1-3-5-7-9-11-13-15-17-19-21-23-25-26-27-28-29-30-31-32-33-34-35-36-37-38-39-40-41-42-44-46-48-50-52-54-56-58-60-62-64-70(78)75-67(66-82-74-73(81)72(80)71(79)69(65-76)83-74)68(77)63-61-59-57-55-53-51-49-47-45-43-24-22-20-18-16-14-12-10-8-6-4-2/h5,7,11,13,17,19,23,25,27-28,30-31,61,63,67-69,71-74,76-77,79-81H,3-4,6,8-10,12,14-16,18,20-22,24,26,29,32-60,62,64-66H2,1-2H3,(H,75,78)/b7-5-,13-11-,19-17-,25-23-,28-27-,31-30-,63-61+. The Morgan fingerprint density at radius 2 is 0.747 bits per heavy atom. The molecule has 0 aromatic carbocycles. The van der Waals surface area contributed by atoms with E-state index in [0.29, 0.717) is 6.42 Å². The molecule has 1 rings (SSSR count). The molecular weight excluding hydrogens is 1030 g/mol. The molecule has 1 aliphatic rings. The summed E-state index contributed by atoms with van der Waals surface area (Å²) in [6, 6.07) is -0.808. The Hall–Kier alpha value is -2.63. The van der Waals surface area contributed by atoms with E-state index in [1.807, 2.05) is 6.08 Å². The van der Waals surface area contributed by atoms with Gasteiger partial charge in [-0.2, -0.15) is 0 Å². The third kappa shape index (κ3) is 51.2. The lowest BCUT2D eigenvalue weighted by atomic mass is 9.99. The first-order valence-corrected chi connectivity index (χ1v) is 35.3. The van der Waals surface area contributed by atoms with Crippen LogP contribution in [0.4, 0.5) is 0 Å². The number of allylic oxidation sites excluding steroid dienone is 13. The van der Waals surface area contributed by atoms with Crippen molar-refractivity contribution in [2.24, 2.45) is 0 Å². The Balaban J connectivity index is 2.09. The SMILES string of the molecule is CC/C=C\C/C=C\C/C=C\C/C=C\C/C=C\C/C=C\CCCCCCCCCCCCCCCCCCCCCCC(=O)NC(COC1OC(CO)C(O)C(O)C1O)C(O)/C=C/CCCCCCCCCCCCCCCCCCCCC. The van der Waals surface area contributed by atoms with Crippen LogP contribution in [-0.2, 0) is 14.3 Å². The van der Waals surface area contributed by atoms with Gasteiger partial charge in [0.25, 0.3) is 0 Å². The van der Waals surface area contributed by atoms with Crippen molar-refractivity contribution in [3.63, 3.8) is 0 Å². The molecule has 1 fully saturated rings. The number of carbonyl (C=O) groups is 1. The summed E-state index contributed by atoms with van der Waals surface area (Å²) in [6.45, 7) is 3.70. The molecule has 0 aliphatic carbocycles. The highest BCUT2D eigenvalue weighted by Crippen LogP contribution is 2.23. The lowest BCUT2D eigenvalue weighted by molar-refractivity contribution is -0.302. The van der Waals surface area contributed by atoms with Crippen molar-refractivity contribution in [3.8, 4) is 0 Å². The molecule has 1 aliphatic heterocycles. The second-order valence-corrected chi connectivity index (χ2v) is 24.3. The fourth-order valence-corrected chi connectivity index (χ4v) is 11.0. The first-order chi connectivity index (χ1) is 40.8. The molecule has 7 unspecified atom stereocenters. The lowest BCUT2D eigenvalue weighted by Crippen LogP contribution is -2.60. The molecule has 0 aromatic heterocycles. The molecule has 1 saturated heterocycles. The van der Waals surface area contributed by atoms with Crippen LogP contribution in [0, 0.1) is 0 Å². The number of unbranched alkanes of at least 4 members (excludes halogenated alkanes) is 39. The number of rotatable bonds is 61. The van der Waals surface area contributed by atoms with Crippen molar-refractivity contribution < 1.29 is 39.8 Å². The van der Waals surface area contributed by atoms with Gasteiger partial charge in [0.1, 0.15) is 24.4 Å². The van der Waals surface area contributed by atoms with Crippen LogP contribution >= 0.6 is 0 Å². The fourth-order valence-electron chi connectivity index (χ4n) is 11.0. The summed E-state index contributed by atoms with van der Waals surface area (Å²) in [5.74, 6) is -0.173. The van der Waals surface area contributed by atoms with Gasteiger partial charge in [0.15, 0.2) is 6.29 Å². The number of aliphatic hydroxyl groups is 5. The zero-order valence-electron chi connectivity index (χ0n) is 53.9. The van der Waals surface area contributed by atoms with Gasteiger partial charge in [-0.3, -0.25) is 4.79 Å². The Morgan fingerprint density at radius 3 is 1.11 bits per heavy atom. The molecular formula is C74H133NO8. The van der Waals surface area contributed by atoms with E-state index in [1.165, 1.54) is 225 Å². The van der Waals surface area contributed by atoms with Crippen LogP contribution in [0.5, 0.6) is 0 Å². The van der Waals surface area contributed by atoms with E-state index in [9.17, 15) is 30.3 Å². The lowest BCUT2D eigenvalue weighted by Gasteiger charge is -2.40. The number of carbonyl (C=O) groups excluding carboxylic acids is 1. The summed E-state index contributed by atoms with van der Waals surface area (Å²) < 4.78 is 11.3. The maximum atomic E-state index is 13.1. The molecule has 0 bridgehead atoms. The van der Waals surface area contributed by atoms with Crippen LogP contribution in [0.1, 0.15) is 322 Å². The topological polar surface area (TPSA) is 149 Å². The van der Waals surface area contributed by atoms with Gasteiger partial charge in [-0.15, -0.1) is 0 Å². The minimum absolute atomic E-state index is 0.173. The third-order valence-corrected chi connectivity index (χ3v) is 16.5. The molecule has 1 amide bonds. The average molecular weight is 1160 g/mol. The number of hydrogen-bond donors (Lipinski definition) is 6. The Kier molecular flexibility index (Phi) is 59.0. The highest BCUT2D eigenvalue weighted by Gasteiger charge is 2.44. The van der Waals surface area contributed by atoms with Crippen LogP contribution < -0.4 is 5.32 Å². The van der Waals surface area contributed by atoms with Crippen LogP contribution in [0.15, 0.2) is 85.1 Å². The maximum Gasteiger partial charge on any atom is 0.220 e. The van der Waals surface area contributed by atoms with Crippen LogP contribution in [0.3, 0.4) is 0 Å². The summed E-state index contributed by atoms with van der Waals surface area (Å²) in [4.78, 5) is 13.1. The molecule has 9 heteroatoms. The van der Waals surface area contributed by atoms with Gasteiger partial charge in [0.2, 0.25) is 5.91 Å². The molecule has 7 atom stereocenters. The van der Waals surface area contributed by atoms with Crippen molar-refractivity contribution in [2.45, 2.75) is 365 Å². The Labute approximate surface area is 511 Å². The zero-order valence-corrected chi connectivity index (χ0v) is 53.9. The zero-order chi connectivity index (χ0) is 60.0. The number of aliphatic hydroxyl groups excluding tert-OH is 5. The monoisotopic (exact) mass is 1160 g/mol. The van der Waals surface area contributed by atoms with E-state index in [-0.39, 0.29) is 12.5 Å². The predicted molar refractivity (Wildman–Crippen MR) is 355 cm³/mol. The van der Waals surface area contributed by atoms with Crippen molar-refractivity contribution >= 4 is 5.91 Å². The molecule has 1 heterocycles.